The highest BCUT2D eigenvalue weighted by Gasteiger charge is 2.55. The van der Waals surface area contributed by atoms with E-state index in [-0.39, 0.29) is 31.3 Å². The fourth-order valence-electron chi connectivity index (χ4n) is 8.72. The second kappa shape index (κ2) is 24.7. The smallest absolute Gasteiger partial charge is 0.471 e. The number of unbranched alkanes of at least 4 members (excludes halogenated alkanes) is 1. The molecule has 0 aliphatic heterocycles. The Bertz CT molecular complexity index is 1520. The average Bonchev–Trinajstić information content (AvgIpc) is 3.53. The van der Waals surface area contributed by atoms with Crippen molar-refractivity contribution in [3.05, 3.63) is 29.3 Å². The summed E-state index contributed by atoms with van der Waals surface area (Å²) in [6.07, 6.45) is 5.55. The van der Waals surface area contributed by atoms with Gasteiger partial charge in [0.1, 0.15) is 5.75 Å². The molecule has 2 fully saturated rings. The van der Waals surface area contributed by atoms with Crippen molar-refractivity contribution in [2.24, 2.45) is 23.2 Å². The van der Waals surface area contributed by atoms with Gasteiger partial charge in [-0.1, -0.05) is 34.6 Å². The molecule has 0 aromatic heterocycles. The van der Waals surface area contributed by atoms with Gasteiger partial charge in [0.2, 0.25) is 0 Å². The van der Waals surface area contributed by atoms with Crippen LogP contribution in [0.5, 0.6) is 5.75 Å². The van der Waals surface area contributed by atoms with E-state index in [0.717, 1.165) is 89.6 Å². The molecule has 0 bridgehead atoms. The SMILES string of the molecule is COP(=O)(O)OCC(CCCOCCSSCCOCCCCOc1ccc2c(c1)CCC1C2CCC2(C)C(OCCCOC(C)(C)C(F)(F)F)CCC12)COP(=O)(O)O. The van der Waals surface area contributed by atoms with Crippen molar-refractivity contribution < 1.29 is 74.2 Å². The van der Waals surface area contributed by atoms with Gasteiger partial charge in [-0.15, -0.1) is 0 Å². The number of aryl methyl sites for hydroxylation is 1. The number of fused-ring (bicyclic) bond motifs is 5. The fourth-order valence-corrected chi connectivity index (χ4v) is 11.3. The minimum atomic E-state index is -4.68. The average molecular weight is 939 g/mol. The van der Waals surface area contributed by atoms with E-state index in [1.54, 1.807) is 21.6 Å². The van der Waals surface area contributed by atoms with Crippen molar-refractivity contribution in [3.8, 4) is 5.75 Å². The molecule has 20 heteroatoms. The number of phosphoric ester groups is 2. The topological polar surface area (TPSA) is 169 Å². The lowest BCUT2D eigenvalue weighted by molar-refractivity contribution is -0.264. The van der Waals surface area contributed by atoms with Gasteiger partial charge in [-0.3, -0.25) is 13.6 Å². The Balaban J connectivity index is 1.01. The van der Waals surface area contributed by atoms with Crippen molar-refractivity contribution in [2.75, 3.05) is 78.1 Å². The van der Waals surface area contributed by atoms with Crippen LogP contribution in [0.25, 0.3) is 0 Å². The van der Waals surface area contributed by atoms with Crippen molar-refractivity contribution in [1.29, 1.82) is 0 Å². The molecule has 2 saturated carbocycles. The molecule has 1 aromatic rings. The Morgan fingerprint density at radius 3 is 2.22 bits per heavy atom. The summed E-state index contributed by atoms with van der Waals surface area (Å²) in [6, 6.07) is 6.65. The van der Waals surface area contributed by atoms with Crippen LogP contribution in [0.1, 0.15) is 102 Å². The van der Waals surface area contributed by atoms with Crippen molar-refractivity contribution in [1.82, 2.24) is 0 Å². The van der Waals surface area contributed by atoms with E-state index in [9.17, 15) is 27.2 Å². The number of benzene rings is 1. The Morgan fingerprint density at radius 1 is 0.850 bits per heavy atom. The standard InChI is InChI=1S/C40H67F3O13P2S2/c1-38(2,40(41,42)43)54-22-8-21-53-37-15-14-36-35-12-10-31-27-32(11-13-33(31)34(35)16-17-39(36,37)3)52-20-6-5-18-50-23-25-59-60-26-24-51-19-7-9-30(28-55-57(44,45)46)29-56-58(47,48)49-4/h11,13,27,30,34-37H,5-10,12,14-26,28-29H2,1-4H3,(H,47,48)(H2,44,45,46). The molecule has 0 spiro atoms. The number of halogens is 3. The van der Waals surface area contributed by atoms with Crippen LogP contribution in [0.2, 0.25) is 0 Å². The van der Waals surface area contributed by atoms with Crippen LogP contribution in [-0.4, -0.2) is 111 Å². The Kier molecular flexibility index (Phi) is 21.5. The summed E-state index contributed by atoms with van der Waals surface area (Å²) >= 11 is 0. The number of hydrogen-bond donors (Lipinski definition) is 3. The predicted molar refractivity (Wildman–Crippen MR) is 226 cm³/mol. The molecule has 3 aliphatic rings. The third kappa shape index (κ3) is 16.8. The van der Waals surface area contributed by atoms with Gasteiger partial charge in [0.15, 0.2) is 5.60 Å². The summed E-state index contributed by atoms with van der Waals surface area (Å²) in [5, 5.41) is 0. The molecule has 0 heterocycles. The molecule has 0 amide bonds. The third-order valence-corrected chi connectivity index (χ3v) is 15.9. The van der Waals surface area contributed by atoms with E-state index in [1.807, 2.05) is 0 Å². The number of phosphoric acid groups is 2. The largest absolute Gasteiger partial charge is 0.494 e. The maximum absolute atomic E-state index is 13.1. The first-order valence-electron chi connectivity index (χ1n) is 21.1. The normalized spacial score (nSPS) is 24.7. The van der Waals surface area contributed by atoms with E-state index < -0.39 is 33.3 Å². The van der Waals surface area contributed by atoms with E-state index in [0.29, 0.717) is 76.7 Å². The minimum Gasteiger partial charge on any atom is -0.494 e. The summed E-state index contributed by atoms with van der Waals surface area (Å²) in [5.74, 6) is 3.80. The van der Waals surface area contributed by atoms with E-state index in [4.69, 9.17) is 38.0 Å². The number of hydrogen-bond acceptors (Lipinski definition) is 12. The summed E-state index contributed by atoms with van der Waals surface area (Å²) in [5.41, 5.74) is 0.818. The molecule has 0 radical (unpaired) electrons. The van der Waals surface area contributed by atoms with Crippen LogP contribution in [0.3, 0.4) is 0 Å². The first-order valence-corrected chi connectivity index (χ1v) is 26.6. The zero-order valence-electron chi connectivity index (χ0n) is 35.4. The quantitative estimate of drug-likeness (QED) is 0.0379. The Hall–Kier alpha value is -0.430. The van der Waals surface area contributed by atoms with Crippen molar-refractivity contribution in [3.63, 3.8) is 0 Å². The third-order valence-electron chi connectivity index (χ3n) is 12.1. The molecule has 1 aromatic carbocycles. The molecule has 0 saturated heterocycles. The van der Waals surface area contributed by atoms with Gasteiger partial charge in [0, 0.05) is 51.0 Å². The van der Waals surface area contributed by atoms with Gasteiger partial charge >= 0.3 is 21.8 Å². The summed E-state index contributed by atoms with van der Waals surface area (Å²) < 4.78 is 105. The van der Waals surface area contributed by atoms with Gasteiger partial charge in [-0.2, -0.15) is 13.2 Å². The predicted octanol–water partition coefficient (Wildman–Crippen LogP) is 9.52. The van der Waals surface area contributed by atoms with Gasteiger partial charge in [-0.25, -0.2) is 9.13 Å². The summed E-state index contributed by atoms with van der Waals surface area (Å²) in [7, 11) is -4.45. The molecule has 13 nitrogen and oxygen atoms in total. The lowest BCUT2D eigenvalue weighted by atomic mass is 9.55. The minimum absolute atomic E-state index is 0.0265. The fraction of sp³-hybridized carbons (Fsp3) is 0.850. The Morgan fingerprint density at radius 2 is 1.53 bits per heavy atom. The van der Waals surface area contributed by atoms with E-state index >= 15 is 0 Å². The summed E-state index contributed by atoms with van der Waals surface area (Å²) in [4.78, 5) is 27.3. The van der Waals surface area contributed by atoms with Gasteiger partial charge in [-0.05, 0) is 131 Å². The zero-order chi connectivity index (χ0) is 43.9. The molecule has 4 rings (SSSR count). The van der Waals surface area contributed by atoms with Crippen LogP contribution >= 0.6 is 37.2 Å². The molecule has 7 atom stereocenters. The number of alkyl halides is 3. The van der Waals surface area contributed by atoms with Crippen molar-refractivity contribution >= 4 is 37.2 Å². The maximum Gasteiger partial charge on any atom is 0.471 e. The molecular weight excluding hydrogens is 872 g/mol. The lowest BCUT2D eigenvalue weighted by Crippen LogP contribution is -2.45. The zero-order valence-corrected chi connectivity index (χ0v) is 38.9. The first kappa shape index (κ1) is 52.2. The molecule has 3 aliphatic carbocycles. The molecule has 7 unspecified atom stereocenters. The highest BCUT2D eigenvalue weighted by atomic mass is 33.1. The van der Waals surface area contributed by atoms with Crippen LogP contribution in [-0.2, 0) is 48.1 Å². The summed E-state index contributed by atoms with van der Waals surface area (Å²) in [6.45, 7) is 7.29. The highest BCUT2D eigenvalue weighted by molar-refractivity contribution is 8.76. The first-order chi connectivity index (χ1) is 28.4. The Labute approximate surface area is 361 Å². The second-order valence-corrected chi connectivity index (χ2v) is 22.1. The van der Waals surface area contributed by atoms with E-state index in [2.05, 4.69) is 34.2 Å². The molecule has 348 valence electrons. The number of ether oxygens (including phenoxy) is 5. The van der Waals surface area contributed by atoms with Crippen LogP contribution in [0.4, 0.5) is 13.2 Å². The molecular formula is C40H67F3O13P2S2. The monoisotopic (exact) mass is 938 g/mol. The van der Waals surface area contributed by atoms with Crippen LogP contribution in [0.15, 0.2) is 18.2 Å². The van der Waals surface area contributed by atoms with Gasteiger partial charge in [0.05, 0.1) is 39.1 Å². The maximum atomic E-state index is 13.1. The molecule has 60 heavy (non-hydrogen) atoms. The van der Waals surface area contributed by atoms with Gasteiger partial charge < -0.3 is 38.4 Å². The lowest BCUT2D eigenvalue weighted by Gasteiger charge is -2.50. The van der Waals surface area contributed by atoms with E-state index in [1.165, 1.54) is 11.1 Å². The van der Waals surface area contributed by atoms with Gasteiger partial charge in [0.25, 0.3) is 0 Å². The highest BCUT2D eigenvalue weighted by Crippen LogP contribution is 2.61. The second-order valence-electron chi connectivity index (χ2n) is 16.6. The molecule has 3 N–H and O–H groups in total. The number of rotatable bonds is 30. The van der Waals surface area contributed by atoms with Crippen molar-refractivity contribution in [2.45, 2.75) is 115 Å². The van der Waals surface area contributed by atoms with Crippen LogP contribution < -0.4 is 4.74 Å². The van der Waals surface area contributed by atoms with Crippen LogP contribution in [0, 0.1) is 23.2 Å².